The Morgan fingerprint density at radius 1 is 1.24 bits per heavy atom. The molecule has 0 saturated carbocycles. The number of rotatable bonds is 6. The lowest BCUT2D eigenvalue weighted by atomic mass is 9.98. The Labute approximate surface area is 128 Å². The van der Waals surface area contributed by atoms with Gasteiger partial charge in [0.1, 0.15) is 0 Å². The summed E-state index contributed by atoms with van der Waals surface area (Å²) in [6, 6.07) is 9.41. The molecule has 1 aromatic heterocycles. The maximum absolute atomic E-state index is 12.1. The van der Waals surface area contributed by atoms with Crippen molar-refractivity contribution in [1.82, 2.24) is 4.98 Å². The van der Waals surface area contributed by atoms with Gasteiger partial charge < -0.3 is 9.72 Å². The van der Waals surface area contributed by atoms with Crippen molar-refractivity contribution in [2.75, 3.05) is 7.11 Å². The van der Waals surface area contributed by atoms with Gasteiger partial charge >= 0.3 is 0 Å². The first kappa shape index (κ1) is 15.5. The second-order valence-electron chi connectivity index (χ2n) is 4.59. The minimum atomic E-state index is -1.000. The third kappa shape index (κ3) is 3.06. The number of hydrogen-bond donors (Lipinski definition) is 1. The van der Waals surface area contributed by atoms with Gasteiger partial charge in [-0.1, -0.05) is 37.3 Å². The summed E-state index contributed by atoms with van der Waals surface area (Å²) in [6.45, 7) is 2.32. The summed E-state index contributed by atoms with van der Waals surface area (Å²) in [7, 11) is 1.59. The number of ketones is 1. The van der Waals surface area contributed by atoms with Gasteiger partial charge in [-0.3, -0.25) is 9.59 Å². The van der Waals surface area contributed by atoms with Crippen LogP contribution in [0, 0.1) is 0 Å². The molecule has 0 aliphatic heterocycles. The number of ether oxygens (including phenoxy) is 1. The summed E-state index contributed by atoms with van der Waals surface area (Å²) in [5.41, 5.74) is 3.52. The largest absolute Gasteiger partial charge is 0.380 e. The van der Waals surface area contributed by atoms with E-state index < -0.39 is 11.0 Å². The summed E-state index contributed by atoms with van der Waals surface area (Å²) in [6.07, 6.45) is 0.697. The molecule has 1 aromatic carbocycles. The van der Waals surface area contributed by atoms with Crippen molar-refractivity contribution in [3.8, 4) is 11.1 Å². The predicted octanol–water partition coefficient (Wildman–Crippen LogP) is 3.34. The van der Waals surface area contributed by atoms with E-state index in [0.717, 1.165) is 16.8 Å². The number of aryl methyl sites for hydroxylation is 1. The fourth-order valence-electron chi connectivity index (χ4n) is 2.39. The van der Waals surface area contributed by atoms with Crippen molar-refractivity contribution in [2.45, 2.75) is 20.0 Å². The minimum absolute atomic E-state index is 0.227. The lowest BCUT2D eigenvalue weighted by Gasteiger charge is -2.07. The van der Waals surface area contributed by atoms with Gasteiger partial charge in [-0.25, -0.2) is 0 Å². The lowest BCUT2D eigenvalue weighted by Crippen LogP contribution is -2.09. The topological polar surface area (TPSA) is 59.2 Å². The monoisotopic (exact) mass is 305 g/mol. The molecular formula is C16H16ClNO3. The molecule has 1 heterocycles. The molecule has 0 unspecified atom stereocenters. The number of carbonyl (C=O) groups is 2. The highest BCUT2D eigenvalue weighted by Crippen LogP contribution is 2.32. The van der Waals surface area contributed by atoms with Crippen LogP contribution < -0.4 is 0 Å². The van der Waals surface area contributed by atoms with Crippen LogP contribution in [-0.4, -0.2) is 23.1 Å². The van der Waals surface area contributed by atoms with E-state index in [1.807, 2.05) is 37.3 Å². The molecule has 21 heavy (non-hydrogen) atoms. The Balaban J connectivity index is 2.70. The van der Waals surface area contributed by atoms with Crippen LogP contribution in [0.4, 0.5) is 0 Å². The van der Waals surface area contributed by atoms with E-state index in [2.05, 4.69) is 4.98 Å². The van der Waals surface area contributed by atoms with Crippen LogP contribution in [-0.2, 0) is 22.6 Å². The highest BCUT2D eigenvalue weighted by molar-refractivity contribution is 6.83. The molecule has 1 N–H and O–H groups in total. The lowest BCUT2D eigenvalue weighted by molar-refractivity contribution is -0.108. The van der Waals surface area contributed by atoms with Crippen LogP contribution in [0.1, 0.15) is 28.7 Å². The minimum Gasteiger partial charge on any atom is -0.380 e. The number of halogens is 1. The molecule has 5 heteroatoms. The predicted molar refractivity (Wildman–Crippen MR) is 81.5 cm³/mol. The van der Waals surface area contributed by atoms with Gasteiger partial charge in [-0.05, 0) is 23.6 Å². The maximum atomic E-state index is 12.1. The Morgan fingerprint density at radius 3 is 2.43 bits per heavy atom. The molecule has 0 radical (unpaired) electrons. The number of benzene rings is 1. The summed E-state index contributed by atoms with van der Waals surface area (Å²) in [5, 5.41) is -1.000. The molecule has 0 aliphatic rings. The van der Waals surface area contributed by atoms with E-state index in [9.17, 15) is 9.59 Å². The van der Waals surface area contributed by atoms with E-state index in [-0.39, 0.29) is 5.69 Å². The zero-order valence-corrected chi connectivity index (χ0v) is 12.7. The van der Waals surface area contributed by atoms with E-state index in [1.165, 1.54) is 0 Å². The number of methoxy groups -OCH3 is 1. The van der Waals surface area contributed by atoms with Crippen molar-refractivity contribution in [3.05, 3.63) is 47.3 Å². The number of nitrogens with one attached hydrogen (secondary N) is 1. The maximum Gasteiger partial charge on any atom is 0.294 e. The third-order valence-corrected chi connectivity index (χ3v) is 3.47. The average Bonchev–Trinajstić information content (AvgIpc) is 2.86. The Morgan fingerprint density at radius 2 is 1.90 bits per heavy atom. The quantitative estimate of drug-likeness (QED) is 0.506. The van der Waals surface area contributed by atoms with Crippen LogP contribution >= 0.6 is 11.6 Å². The number of H-pyrrole nitrogens is 1. The van der Waals surface area contributed by atoms with Crippen molar-refractivity contribution < 1.29 is 14.3 Å². The van der Waals surface area contributed by atoms with Gasteiger partial charge in [-0.2, -0.15) is 0 Å². The smallest absolute Gasteiger partial charge is 0.294 e. The first-order valence-electron chi connectivity index (χ1n) is 6.62. The van der Waals surface area contributed by atoms with E-state index in [1.54, 1.807) is 7.11 Å². The molecule has 2 rings (SSSR count). The molecule has 0 amide bonds. The second-order valence-corrected chi connectivity index (χ2v) is 4.93. The van der Waals surface area contributed by atoms with Crippen LogP contribution in [0.15, 0.2) is 30.3 Å². The van der Waals surface area contributed by atoms with Gasteiger partial charge in [0.05, 0.1) is 12.3 Å². The normalized spacial score (nSPS) is 10.6. The van der Waals surface area contributed by atoms with Crippen LogP contribution in [0.25, 0.3) is 11.1 Å². The van der Waals surface area contributed by atoms with Crippen LogP contribution in [0.2, 0.25) is 0 Å². The van der Waals surface area contributed by atoms with Crippen LogP contribution in [0.5, 0.6) is 0 Å². The number of Topliss-reactive ketones (excluding diaryl/α,β-unsaturated/α-hetero) is 1. The fraction of sp³-hybridized carbons (Fsp3) is 0.250. The van der Waals surface area contributed by atoms with Crippen LogP contribution in [0.3, 0.4) is 0 Å². The van der Waals surface area contributed by atoms with Crippen molar-refractivity contribution >= 4 is 22.6 Å². The molecule has 0 saturated heterocycles. The SMILES string of the molecule is CCc1[nH]c(C(=O)C(=O)Cl)c(-c2ccccc2)c1COC. The summed E-state index contributed by atoms with van der Waals surface area (Å²) >= 11 is 5.36. The number of carbonyl (C=O) groups excluding carboxylic acids is 2. The molecule has 4 nitrogen and oxygen atoms in total. The summed E-state index contributed by atoms with van der Waals surface area (Å²) in [5.74, 6) is -0.729. The van der Waals surface area contributed by atoms with Gasteiger partial charge in [0.25, 0.3) is 11.0 Å². The van der Waals surface area contributed by atoms with Gasteiger partial charge in [0.15, 0.2) is 0 Å². The average molecular weight is 306 g/mol. The Bertz CT molecular complexity index is 662. The molecule has 0 atom stereocenters. The molecule has 0 aliphatic carbocycles. The van der Waals surface area contributed by atoms with E-state index in [4.69, 9.17) is 16.3 Å². The molecule has 0 spiro atoms. The molecule has 0 bridgehead atoms. The molecule has 110 valence electrons. The second kappa shape index (κ2) is 6.70. The number of aromatic amines is 1. The number of hydrogen-bond acceptors (Lipinski definition) is 3. The van der Waals surface area contributed by atoms with Gasteiger partial charge in [0.2, 0.25) is 0 Å². The van der Waals surface area contributed by atoms with E-state index >= 15 is 0 Å². The summed E-state index contributed by atoms with van der Waals surface area (Å²) < 4.78 is 5.24. The zero-order chi connectivity index (χ0) is 15.4. The Hall–Kier alpha value is -1.91. The third-order valence-electron chi connectivity index (χ3n) is 3.30. The highest BCUT2D eigenvalue weighted by atomic mass is 35.5. The first-order chi connectivity index (χ1) is 10.1. The molecule has 2 aromatic rings. The van der Waals surface area contributed by atoms with Crippen molar-refractivity contribution in [2.24, 2.45) is 0 Å². The number of aromatic nitrogens is 1. The highest BCUT2D eigenvalue weighted by Gasteiger charge is 2.25. The van der Waals surface area contributed by atoms with Gasteiger partial charge in [-0.15, -0.1) is 0 Å². The fourth-order valence-corrected chi connectivity index (χ4v) is 2.48. The van der Waals surface area contributed by atoms with Crippen molar-refractivity contribution in [3.63, 3.8) is 0 Å². The zero-order valence-electron chi connectivity index (χ0n) is 11.9. The van der Waals surface area contributed by atoms with Crippen molar-refractivity contribution in [1.29, 1.82) is 0 Å². The first-order valence-corrected chi connectivity index (χ1v) is 7.00. The standard InChI is InChI=1S/C16H16ClNO3/c1-3-12-11(9-21-2)13(10-7-5-4-6-8-10)14(18-12)15(19)16(17)20/h4-8,18H,3,9H2,1-2H3. The van der Waals surface area contributed by atoms with E-state index in [0.29, 0.717) is 18.6 Å². The Kier molecular flexibility index (Phi) is 4.94. The van der Waals surface area contributed by atoms with Gasteiger partial charge in [0, 0.05) is 23.9 Å². The molecular weight excluding hydrogens is 290 g/mol. The summed E-state index contributed by atoms with van der Waals surface area (Å²) in [4.78, 5) is 26.4. The molecule has 0 fully saturated rings.